The van der Waals surface area contributed by atoms with E-state index >= 15 is 0 Å². The zero-order valence-electron chi connectivity index (χ0n) is 15.3. The number of benzene rings is 1. The van der Waals surface area contributed by atoms with Crippen LogP contribution in [0.4, 0.5) is 5.69 Å². The predicted molar refractivity (Wildman–Crippen MR) is 109 cm³/mol. The van der Waals surface area contributed by atoms with Crippen LogP contribution in [0.15, 0.2) is 28.7 Å². The summed E-state index contributed by atoms with van der Waals surface area (Å²) in [5, 5.41) is 0. The Morgan fingerprint density at radius 2 is 1.93 bits per heavy atom. The van der Waals surface area contributed by atoms with Crippen LogP contribution in [0.3, 0.4) is 0 Å². The quantitative estimate of drug-likeness (QED) is 0.564. The summed E-state index contributed by atoms with van der Waals surface area (Å²) in [6.45, 7) is 1.48. The number of rotatable bonds is 8. The summed E-state index contributed by atoms with van der Waals surface area (Å²) >= 11 is 4.43. The van der Waals surface area contributed by atoms with E-state index in [2.05, 4.69) is 20.7 Å². The number of para-hydroxylation sites is 1. The maximum atomic E-state index is 12.2. The highest BCUT2D eigenvalue weighted by Crippen LogP contribution is 2.47. The van der Waals surface area contributed by atoms with Gasteiger partial charge >= 0.3 is 11.9 Å². The van der Waals surface area contributed by atoms with E-state index in [1.165, 1.54) is 7.11 Å². The number of carbonyl (C=O) groups is 2. The van der Waals surface area contributed by atoms with Gasteiger partial charge in [-0.1, -0.05) is 18.2 Å². The van der Waals surface area contributed by atoms with E-state index in [0.717, 1.165) is 17.6 Å². The number of carbonyl (C=O) groups excluding carboxylic acids is 2. The van der Waals surface area contributed by atoms with Crippen LogP contribution in [0.25, 0.3) is 10.4 Å². The number of esters is 2. The fraction of sp³-hybridized carbons (Fsp3) is 0.294. The van der Waals surface area contributed by atoms with Gasteiger partial charge in [0.1, 0.15) is 0 Å². The van der Waals surface area contributed by atoms with Gasteiger partial charge in [0.05, 0.1) is 35.0 Å². The van der Waals surface area contributed by atoms with Crippen LogP contribution in [-0.4, -0.2) is 46.9 Å². The number of thiophene rings is 1. The second-order valence-electron chi connectivity index (χ2n) is 5.41. The lowest BCUT2D eigenvalue weighted by molar-refractivity contribution is -0.145. The molecule has 0 fully saturated rings. The van der Waals surface area contributed by atoms with Crippen LogP contribution in [0, 0.1) is 0 Å². The molecular formula is C17H18BrNO7S2. The Morgan fingerprint density at radius 1 is 1.25 bits per heavy atom. The third-order valence-electron chi connectivity index (χ3n) is 3.29. The lowest BCUT2D eigenvalue weighted by Crippen LogP contribution is -2.15. The van der Waals surface area contributed by atoms with Gasteiger partial charge in [-0.05, 0) is 28.9 Å². The minimum atomic E-state index is -3.52. The second kappa shape index (κ2) is 9.39. The number of nitrogens with one attached hydrogen (secondary N) is 1. The molecule has 0 bridgehead atoms. The number of hydrogen-bond acceptors (Lipinski definition) is 8. The van der Waals surface area contributed by atoms with Crippen LogP contribution >= 0.6 is 27.3 Å². The average molecular weight is 492 g/mol. The summed E-state index contributed by atoms with van der Waals surface area (Å²) in [7, 11) is -2.29. The highest BCUT2D eigenvalue weighted by Gasteiger charge is 2.26. The Kier molecular flexibility index (Phi) is 7.44. The summed E-state index contributed by atoms with van der Waals surface area (Å²) in [5.74, 6) is -1.12. The SMILES string of the molecule is CCOC(=O)COc1c(C(=O)OC)sc(-c2ccccc2NS(C)(=O)=O)c1Br. The van der Waals surface area contributed by atoms with Gasteiger partial charge in [-0.15, -0.1) is 11.3 Å². The molecule has 1 N–H and O–H groups in total. The number of methoxy groups -OCH3 is 1. The zero-order valence-corrected chi connectivity index (χ0v) is 18.5. The predicted octanol–water partition coefficient (Wildman–Crippen LogP) is 3.28. The summed E-state index contributed by atoms with van der Waals surface area (Å²) < 4.78 is 41.3. The van der Waals surface area contributed by atoms with E-state index in [-0.39, 0.29) is 17.2 Å². The van der Waals surface area contributed by atoms with Crippen molar-refractivity contribution in [3.8, 4) is 16.2 Å². The standard InChI is InChI=1S/C17H18BrNO7S2/c1-4-25-12(20)9-26-14-13(18)15(27-16(14)17(21)24-2)10-7-5-6-8-11(10)19-28(3,22)23/h5-8,19H,4,9H2,1-3H3. The summed E-state index contributed by atoms with van der Waals surface area (Å²) in [4.78, 5) is 24.4. The second-order valence-corrected chi connectivity index (χ2v) is 8.97. The molecule has 0 aliphatic rings. The van der Waals surface area contributed by atoms with Crippen LogP contribution in [0.2, 0.25) is 0 Å². The van der Waals surface area contributed by atoms with Gasteiger partial charge in [0, 0.05) is 5.56 Å². The topological polar surface area (TPSA) is 108 Å². The molecule has 28 heavy (non-hydrogen) atoms. The van der Waals surface area contributed by atoms with Crippen molar-refractivity contribution in [2.75, 3.05) is 31.3 Å². The first-order chi connectivity index (χ1) is 13.2. The van der Waals surface area contributed by atoms with Gasteiger partial charge in [0.15, 0.2) is 17.2 Å². The van der Waals surface area contributed by atoms with Crippen molar-refractivity contribution in [2.24, 2.45) is 0 Å². The van der Waals surface area contributed by atoms with Crippen molar-refractivity contribution in [1.29, 1.82) is 0 Å². The molecule has 1 heterocycles. The highest BCUT2D eigenvalue weighted by atomic mass is 79.9. The van der Waals surface area contributed by atoms with Crippen LogP contribution in [0.5, 0.6) is 5.75 Å². The van der Waals surface area contributed by atoms with Crippen molar-refractivity contribution in [2.45, 2.75) is 6.92 Å². The molecule has 0 aliphatic heterocycles. The molecule has 0 aliphatic carbocycles. The summed E-state index contributed by atoms with van der Waals surface area (Å²) in [6, 6.07) is 6.70. The van der Waals surface area contributed by atoms with Gasteiger partial charge < -0.3 is 14.2 Å². The number of anilines is 1. The molecule has 2 aromatic rings. The molecule has 0 saturated carbocycles. The van der Waals surface area contributed by atoms with Crippen LogP contribution in [0.1, 0.15) is 16.6 Å². The van der Waals surface area contributed by atoms with E-state index in [0.29, 0.717) is 20.6 Å². The number of hydrogen-bond donors (Lipinski definition) is 1. The lowest BCUT2D eigenvalue weighted by atomic mass is 10.1. The first kappa shape index (κ1) is 22.2. The maximum absolute atomic E-state index is 12.2. The van der Waals surface area contributed by atoms with Gasteiger partial charge in [-0.25, -0.2) is 18.0 Å². The van der Waals surface area contributed by atoms with E-state index < -0.39 is 28.6 Å². The summed E-state index contributed by atoms with van der Waals surface area (Å²) in [6.07, 6.45) is 1.04. The number of halogens is 1. The van der Waals surface area contributed by atoms with Crippen molar-refractivity contribution >= 4 is 54.9 Å². The Hall–Kier alpha value is -2.11. The largest absolute Gasteiger partial charge is 0.479 e. The Morgan fingerprint density at radius 3 is 2.54 bits per heavy atom. The lowest BCUT2D eigenvalue weighted by Gasteiger charge is -2.10. The maximum Gasteiger partial charge on any atom is 0.351 e. The molecule has 1 aromatic carbocycles. The highest BCUT2D eigenvalue weighted by molar-refractivity contribution is 9.10. The van der Waals surface area contributed by atoms with Crippen molar-refractivity contribution in [3.05, 3.63) is 33.6 Å². The van der Waals surface area contributed by atoms with Crippen molar-refractivity contribution in [1.82, 2.24) is 0 Å². The van der Waals surface area contributed by atoms with E-state index in [1.54, 1.807) is 31.2 Å². The van der Waals surface area contributed by atoms with Gasteiger partial charge in [0.2, 0.25) is 10.0 Å². The Bertz CT molecular complexity index is 985. The molecular weight excluding hydrogens is 474 g/mol. The molecule has 11 heteroatoms. The smallest absolute Gasteiger partial charge is 0.351 e. The van der Waals surface area contributed by atoms with Gasteiger partial charge in [-0.2, -0.15) is 0 Å². The van der Waals surface area contributed by atoms with Gasteiger partial charge in [0.25, 0.3) is 0 Å². The monoisotopic (exact) mass is 491 g/mol. The fourth-order valence-electron chi connectivity index (χ4n) is 2.23. The van der Waals surface area contributed by atoms with Crippen molar-refractivity contribution in [3.63, 3.8) is 0 Å². The minimum Gasteiger partial charge on any atom is -0.479 e. The van der Waals surface area contributed by atoms with Crippen molar-refractivity contribution < 1.29 is 32.2 Å². The molecule has 1 aromatic heterocycles. The first-order valence-corrected chi connectivity index (χ1v) is 11.4. The molecule has 0 unspecified atom stereocenters. The molecule has 0 amide bonds. The Balaban J connectivity index is 2.52. The van der Waals surface area contributed by atoms with E-state index in [4.69, 9.17) is 14.2 Å². The molecule has 0 saturated heterocycles. The fourth-order valence-corrected chi connectivity index (χ4v) is 4.80. The number of ether oxygens (including phenoxy) is 3. The number of sulfonamides is 1. The van der Waals surface area contributed by atoms with E-state index in [1.807, 2.05) is 0 Å². The average Bonchev–Trinajstić information content (AvgIpc) is 2.95. The molecule has 8 nitrogen and oxygen atoms in total. The minimum absolute atomic E-state index is 0.120. The van der Waals surface area contributed by atoms with Crippen LogP contribution in [-0.2, 0) is 24.3 Å². The van der Waals surface area contributed by atoms with Crippen LogP contribution < -0.4 is 9.46 Å². The normalized spacial score (nSPS) is 11.0. The third-order valence-corrected chi connectivity index (χ3v) is 6.08. The van der Waals surface area contributed by atoms with Gasteiger partial charge in [-0.3, -0.25) is 4.72 Å². The first-order valence-electron chi connectivity index (χ1n) is 7.94. The molecule has 0 atom stereocenters. The zero-order chi connectivity index (χ0) is 20.9. The summed E-state index contributed by atoms with van der Waals surface area (Å²) in [5.41, 5.74) is 0.862. The molecule has 152 valence electrons. The molecule has 2 rings (SSSR count). The molecule has 0 spiro atoms. The Labute approximate surface area is 175 Å². The molecule has 0 radical (unpaired) electrons. The third kappa shape index (κ3) is 5.46. The van der Waals surface area contributed by atoms with E-state index in [9.17, 15) is 18.0 Å².